The smallest absolute Gasteiger partial charge is 0.0240 e. The normalized spacial score (nSPS) is 19.0. The summed E-state index contributed by atoms with van der Waals surface area (Å²) in [7, 11) is 0. The van der Waals surface area contributed by atoms with Crippen LogP contribution in [0.4, 0.5) is 0 Å². The zero-order chi connectivity index (χ0) is 15.4. The van der Waals surface area contributed by atoms with Crippen LogP contribution < -0.4 is 0 Å². The second-order valence-corrected chi connectivity index (χ2v) is 6.28. The summed E-state index contributed by atoms with van der Waals surface area (Å²) in [6, 6.07) is 20.4. The van der Waals surface area contributed by atoms with Crippen LogP contribution in [0, 0.1) is 6.92 Å². The molecule has 1 atom stereocenters. The summed E-state index contributed by atoms with van der Waals surface area (Å²) in [5, 5.41) is 0. The number of rotatable bonds is 4. The fourth-order valence-electron chi connectivity index (χ4n) is 3.26. The van der Waals surface area contributed by atoms with Gasteiger partial charge in [0.1, 0.15) is 0 Å². The summed E-state index contributed by atoms with van der Waals surface area (Å²) in [6.45, 7) is 6.56. The van der Waals surface area contributed by atoms with Gasteiger partial charge in [-0.05, 0) is 36.5 Å². The zero-order valence-corrected chi connectivity index (χ0v) is 13.6. The summed E-state index contributed by atoms with van der Waals surface area (Å²) >= 11 is 0. The van der Waals surface area contributed by atoms with Crippen molar-refractivity contribution in [2.45, 2.75) is 39.3 Å². The minimum absolute atomic E-state index is 0.640. The van der Waals surface area contributed by atoms with E-state index in [1.807, 2.05) is 0 Å². The van der Waals surface area contributed by atoms with Gasteiger partial charge in [-0.2, -0.15) is 0 Å². The molecule has 0 amide bonds. The van der Waals surface area contributed by atoms with E-state index in [-0.39, 0.29) is 0 Å². The molecule has 0 bridgehead atoms. The van der Waals surface area contributed by atoms with E-state index in [1.165, 1.54) is 28.7 Å². The standard InChI is InChI=1S/C21H25N/c1-3-21-15-20(19-11-9-17(2)10-12-19)13-14-22(21)16-18-7-5-4-6-8-18/h4-13,21H,3,14-16H2,1-2H3. The number of hydrogen-bond donors (Lipinski definition) is 0. The van der Waals surface area contributed by atoms with Crippen LogP contribution in [0.25, 0.3) is 5.57 Å². The summed E-state index contributed by atoms with van der Waals surface area (Å²) in [5.74, 6) is 0. The third-order valence-corrected chi connectivity index (χ3v) is 4.67. The largest absolute Gasteiger partial charge is 0.292 e. The maximum absolute atomic E-state index is 2.60. The summed E-state index contributed by atoms with van der Waals surface area (Å²) in [4.78, 5) is 2.60. The lowest BCUT2D eigenvalue weighted by atomic mass is 9.92. The van der Waals surface area contributed by atoms with Crippen LogP contribution in [0.15, 0.2) is 60.7 Å². The van der Waals surface area contributed by atoms with Gasteiger partial charge >= 0.3 is 0 Å². The molecule has 0 spiro atoms. The van der Waals surface area contributed by atoms with E-state index in [9.17, 15) is 0 Å². The van der Waals surface area contributed by atoms with Crippen molar-refractivity contribution < 1.29 is 0 Å². The summed E-state index contributed by atoms with van der Waals surface area (Å²) in [6.07, 6.45) is 4.78. The van der Waals surface area contributed by atoms with Crippen LogP contribution in [0.2, 0.25) is 0 Å². The molecule has 1 heterocycles. The third-order valence-electron chi connectivity index (χ3n) is 4.67. The lowest BCUT2D eigenvalue weighted by molar-refractivity contribution is 0.198. The van der Waals surface area contributed by atoms with Gasteiger partial charge < -0.3 is 0 Å². The van der Waals surface area contributed by atoms with Gasteiger partial charge in [-0.25, -0.2) is 0 Å². The lowest BCUT2D eigenvalue weighted by Gasteiger charge is -2.35. The van der Waals surface area contributed by atoms with E-state index >= 15 is 0 Å². The molecule has 22 heavy (non-hydrogen) atoms. The van der Waals surface area contributed by atoms with Crippen molar-refractivity contribution in [1.82, 2.24) is 4.90 Å². The molecule has 0 aromatic heterocycles. The topological polar surface area (TPSA) is 3.24 Å². The fourth-order valence-corrected chi connectivity index (χ4v) is 3.26. The Kier molecular flexibility index (Phi) is 4.74. The van der Waals surface area contributed by atoms with Crippen molar-refractivity contribution in [1.29, 1.82) is 0 Å². The van der Waals surface area contributed by atoms with Crippen LogP contribution in [0.1, 0.15) is 36.5 Å². The van der Waals surface area contributed by atoms with Gasteiger partial charge in [0.2, 0.25) is 0 Å². The molecule has 114 valence electrons. The monoisotopic (exact) mass is 291 g/mol. The molecule has 0 saturated heterocycles. The maximum atomic E-state index is 2.60. The number of hydrogen-bond acceptors (Lipinski definition) is 1. The third kappa shape index (κ3) is 3.48. The van der Waals surface area contributed by atoms with Crippen LogP contribution in [0.5, 0.6) is 0 Å². The molecule has 1 nitrogen and oxygen atoms in total. The van der Waals surface area contributed by atoms with E-state index in [1.54, 1.807) is 0 Å². The Morgan fingerprint density at radius 1 is 1.00 bits per heavy atom. The minimum Gasteiger partial charge on any atom is -0.292 e. The highest BCUT2D eigenvalue weighted by molar-refractivity contribution is 5.67. The molecule has 0 saturated carbocycles. The van der Waals surface area contributed by atoms with Crippen molar-refractivity contribution in [3.05, 3.63) is 77.4 Å². The Labute approximate surface area is 134 Å². The van der Waals surface area contributed by atoms with E-state index < -0.39 is 0 Å². The summed E-state index contributed by atoms with van der Waals surface area (Å²) < 4.78 is 0. The summed E-state index contributed by atoms with van der Waals surface area (Å²) in [5.41, 5.74) is 5.64. The van der Waals surface area contributed by atoms with Crippen molar-refractivity contribution >= 4 is 5.57 Å². The molecule has 2 aromatic rings. The molecule has 1 aliphatic heterocycles. The first kappa shape index (κ1) is 15.1. The van der Waals surface area contributed by atoms with E-state index in [0.717, 1.165) is 19.5 Å². The predicted octanol–water partition coefficient (Wildman–Crippen LogP) is 5.06. The first-order valence-corrected chi connectivity index (χ1v) is 8.30. The minimum atomic E-state index is 0.640. The molecule has 0 fully saturated rings. The average molecular weight is 291 g/mol. The van der Waals surface area contributed by atoms with Gasteiger partial charge in [0, 0.05) is 19.1 Å². The van der Waals surface area contributed by atoms with Crippen molar-refractivity contribution in [3.8, 4) is 0 Å². The fraction of sp³-hybridized carbons (Fsp3) is 0.333. The highest BCUT2D eigenvalue weighted by atomic mass is 15.2. The Morgan fingerprint density at radius 3 is 2.41 bits per heavy atom. The van der Waals surface area contributed by atoms with Gasteiger partial charge in [-0.1, -0.05) is 73.2 Å². The second-order valence-electron chi connectivity index (χ2n) is 6.28. The van der Waals surface area contributed by atoms with E-state index in [0.29, 0.717) is 6.04 Å². The van der Waals surface area contributed by atoms with Gasteiger partial charge in [-0.3, -0.25) is 4.90 Å². The van der Waals surface area contributed by atoms with Gasteiger partial charge in [-0.15, -0.1) is 0 Å². The van der Waals surface area contributed by atoms with E-state index in [2.05, 4.69) is 79.4 Å². The van der Waals surface area contributed by atoms with Gasteiger partial charge in [0.05, 0.1) is 0 Å². The maximum Gasteiger partial charge on any atom is 0.0240 e. The lowest BCUT2D eigenvalue weighted by Crippen LogP contribution is -2.37. The van der Waals surface area contributed by atoms with Crippen molar-refractivity contribution in [2.24, 2.45) is 0 Å². The molecule has 3 rings (SSSR count). The molecular formula is C21H25N. The highest BCUT2D eigenvalue weighted by Crippen LogP contribution is 2.29. The number of nitrogens with zero attached hydrogens (tertiary/aromatic N) is 1. The molecule has 0 aliphatic carbocycles. The zero-order valence-electron chi connectivity index (χ0n) is 13.6. The molecule has 0 N–H and O–H groups in total. The molecule has 1 heteroatoms. The molecule has 1 unspecified atom stereocenters. The number of aryl methyl sites for hydroxylation is 1. The van der Waals surface area contributed by atoms with Crippen LogP contribution in [-0.2, 0) is 6.54 Å². The molecule has 2 aromatic carbocycles. The first-order chi connectivity index (χ1) is 10.8. The SMILES string of the molecule is CCC1CC(c2ccc(C)cc2)=CCN1Cc1ccccc1. The molecule has 1 aliphatic rings. The molecule has 0 radical (unpaired) electrons. The average Bonchev–Trinajstić information content (AvgIpc) is 2.57. The number of benzene rings is 2. The highest BCUT2D eigenvalue weighted by Gasteiger charge is 2.22. The van der Waals surface area contributed by atoms with E-state index in [4.69, 9.17) is 0 Å². The van der Waals surface area contributed by atoms with Crippen LogP contribution in [0.3, 0.4) is 0 Å². The Morgan fingerprint density at radius 2 is 1.73 bits per heavy atom. The quantitative estimate of drug-likeness (QED) is 0.761. The molecular weight excluding hydrogens is 266 g/mol. The van der Waals surface area contributed by atoms with Gasteiger partial charge in [0.15, 0.2) is 0 Å². The van der Waals surface area contributed by atoms with Crippen molar-refractivity contribution in [3.63, 3.8) is 0 Å². The van der Waals surface area contributed by atoms with Crippen LogP contribution in [-0.4, -0.2) is 17.5 Å². The Balaban J connectivity index is 1.75. The van der Waals surface area contributed by atoms with Crippen molar-refractivity contribution in [2.75, 3.05) is 6.54 Å². The predicted molar refractivity (Wildman–Crippen MR) is 94.7 cm³/mol. The van der Waals surface area contributed by atoms with Crippen LogP contribution >= 0.6 is 0 Å². The van der Waals surface area contributed by atoms with Gasteiger partial charge in [0.25, 0.3) is 0 Å². The Bertz CT molecular complexity index is 625. The second kappa shape index (κ2) is 6.93. The Hall–Kier alpha value is -1.86. The first-order valence-electron chi connectivity index (χ1n) is 8.30.